The molecule has 0 fully saturated rings. The third kappa shape index (κ3) is 2.89. The Labute approximate surface area is 121 Å². The van der Waals surface area contributed by atoms with E-state index in [-0.39, 0.29) is 6.04 Å². The van der Waals surface area contributed by atoms with Gasteiger partial charge in [-0.3, -0.25) is 4.90 Å². The molecule has 3 nitrogen and oxygen atoms in total. The third-order valence-corrected chi connectivity index (χ3v) is 4.20. The van der Waals surface area contributed by atoms with Crippen molar-refractivity contribution in [1.82, 2.24) is 4.90 Å². The lowest BCUT2D eigenvalue weighted by molar-refractivity contribution is 0.214. The van der Waals surface area contributed by atoms with Gasteiger partial charge in [-0.1, -0.05) is 38.5 Å². The first-order valence-electron chi connectivity index (χ1n) is 7.46. The lowest BCUT2D eigenvalue weighted by Crippen LogP contribution is -2.33. The van der Waals surface area contributed by atoms with E-state index in [4.69, 9.17) is 10.2 Å². The number of fused-ring (bicyclic) bond motifs is 1. The zero-order valence-corrected chi connectivity index (χ0v) is 13.0. The van der Waals surface area contributed by atoms with E-state index in [1.54, 1.807) is 0 Å². The summed E-state index contributed by atoms with van der Waals surface area (Å²) in [6.07, 6.45) is 1.19. The number of furan rings is 1. The molecular formula is C17H26N2O. The zero-order valence-electron chi connectivity index (χ0n) is 13.0. The minimum atomic E-state index is 0.215. The maximum Gasteiger partial charge on any atom is 0.134 e. The van der Waals surface area contributed by atoms with Gasteiger partial charge in [-0.15, -0.1) is 0 Å². The van der Waals surface area contributed by atoms with Gasteiger partial charge in [0, 0.05) is 24.0 Å². The summed E-state index contributed by atoms with van der Waals surface area (Å²) in [5, 5.41) is 1.19. The van der Waals surface area contributed by atoms with Crippen LogP contribution in [0.2, 0.25) is 0 Å². The van der Waals surface area contributed by atoms with Gasteiger partial charge in [0.2, 0.25) is 0 Å². The van der Waals surface area contributed by atoms with Crippen molar-refractivity contribution in [2.24, 2.45) is 11.7 Å². The number of likely N-dealkylation sites (N-methyl/N-ethyl adjacent to an activating group) is 1. The van der Waals surface area contributed by atoms with Crippen LogP contribution in [0, 0.1) is 12.8 Å². The van der Waals surface area contributed by atoms with Gasteiger partial charge >= 0.3 is 0 Å². The molecule has 1 aromatic carbocycles. The van der Waals surface area contributed by atoms with E-state index in [9.17, 15) is 0 Å². The number of para-hydroxylation sites is 1. The molecule has 2 rings (SSSR count). The van der Waals surface area contributed by atoms with Crippen LogP contribution in [-0.4, -0.2) is 25.0 Å². The Kier molecular flexibility index (Phi) is 4.84. The topological polar surface area (TPSA) is 42.4 Å². The number of nitrogens with zero attached hydrogens (tertiary/aromatic N) is 1. The highest BCUT2D eigenvalue weighted by molar-refractivity contribution is 5.82. The van der Waals surface area contributed by atoms with E-state index in [2.05, 4.69) is 37.9 Å². The second-order valence-electron chi connectivity index (χ2n) is 5.77. The van der Waals surface area contributed by atoms with Gasteiger partial charge in [0.05, 0.1) is 6.04 Å². The molecule has 0 bridgehead atoms. The van der Waals surface area contributed by atoms with Crippen LogP contribution in [0.25, 0.3) is 11.0 Å². The first-order valence-corrected chi connectivity index (χ1v) is 7.46. The smallest absolute Gasteiger partial charge is 0.134 e. The lowest BCUT2D eigenvalue weighted by atomic mass is 10.00. The highest BCUT2D eigenvalue weighted by Gasteiger charge is 2.23. The van der Waals surface area contributed by atoms with Gasteiger partial charge in [0.25, 0.3) is 0 Å². The van der Waals surface area contributed by atoms with Crippen LogP contribution in [0.3, 0.4) is 0 Å². The van der Waals surface area contributed by atoms with Crippen LogP contribution in [0.15, 0.2) is 28.7 Å². The maximum absolute atomic E-state index is 6.06. The summed E-state index contributed by atoms with van der Waals surface area (Å²) in [4.78, 5) is 2.36. The molecule has 0 aliphatic carbocycles. The maximum atomic E-state index is 6.06. The van der Waals surface area contributed by atoms with Crippen molar-refractivity contribution in [2.45, 2.75) is 33.2 Å². The Morgan fingerprint density at radius 2 is 2.00 bits per heavy atom. The highest BCUT2D eigenvalue weighted by atomic mass is 16.3. The van der Waals surface area contributed by atoms with Gasteiger partial charge < -0.3 is 10.2 Å². The van der Waals surface area contributed by atoms with Gasteiger partial charge in [0.1, 0.15) is 11.3 Å². The monoisotopic (exact) mass is 274 g/mol. The standard InChI is InChI=1S/C17H26N2O/c1-5-12(2)11-19(4)15(10-18)17-13(3)20-16-9-7-6-8-14(16)17/h6-9,12,15H,5,10-11,18H2,1-4H3. The van der Waals surface area contributed by atoms with Crippen molar-refractivity contribution in [3.8, 4) is 0 Å². The van der Waals surface area contributed by atoms with E-state index in [0.717, 1.165) is 17.9 Å². The molecule has 0 aliphatic heterocycles. The summed E-state index contributed by atoms with van der Waals surface area (Å²) in [6.45, 7) is 8.21. The SMILES string of the molecule is CCC(C)CN(C)C(CN)c1c(C)oc2ccccc12. The molecule has 0 amide bonds. The summed E-state index contributed by atoms with van der Waals surface area (Å²) in [5.41, 5.74) is 8.26. The van der Waals surface area contributed by atoms with E-state index in [1.807, 2.05) is 19.1 Å². The first-order chi connectivity index (χ1) is 9.58. The van der Waals surface area contributed by atoms with E-state index >= 15 is 0 Å². The summed E-state index contributed by atoms with van der Waals surface area (Å²) in [6, 6.07) is 8.43. The fourth-order valence-corrected chi connectivity index (χ4v) is 2.87. The van der Waals surface area contributed by atoms with Crippen LogP contribution in [-0.2, 0) is 0 Å². The third-order valence-electron chi connectivity index (χ3n) is 4.20. The fourth-order valence-electron chi connectivity index (χ4n) is 2.87. The number of nitrogens with two attached hydrogens (primary N) is 1. The average molecular weight is 274 g/mol. The molecule has 3 heteroatoms. The van der Waals surface area contributed by atoms with Crippen molar-refractivity contribution >= 4 is 11.0 Å². The summed E-state index contributed by atoms with van der Waals surface area (Å²) >= 11 is 0. The molecule has 1 aromatic heterocycles. The summed E-state index contributed by atoms with van der Waals surface area (Å²) in [5.74, 6) is 1.66. The van der Waals surface area contributed by atoms with Crippen LogP contribution >= 0.6 is 0 Å². The molecule has 0 saturated heterocycles. The van der Waals surface area contributed by atoms with Crippen molar-refractivity contribution in [3.63, 3.8) is 0 Å². The molecule has 0 saturated carbocycles. The van der Waals surface area contributed by atoms with Crippen LogP contribution in [0.5, 0.6) is 0 Å². The van der Waals surface area contributed by atoms with E-state index < -0.39 is 0 Å². The normalized spacial score (nSPS) is 14.9. The fraction of sp³-hybridized carbons (Fsp3) is 0.529. The molecule has 1 heterocycles. The molecule has 20 heavy (non-hydrogen) atoms. The van der Waals surface area contributed by atoms with Crippen molar-refractivity contribution < 1.29 is 4.42 Å². The minimum Gasteiger partial charge on any atom is -0.461 e. The Bertz CT molecular complexity index is 561. The molecule has 2 unspecified atom stereocenters. The quantitative estimate of drug-likeness (QED) is 0.873. The molecular weight excluding hydrogens is 248 g/mol. The largest absolute Gasteiger partial charge is 0.461 e. The van der Waals surface area contributed by atoms with Crippen LogP contribution in [0.4, 0.5) is 0 Å². The number of rotatable bonds is 6. The minimum absolute atomic E-state index is 0.215. The summed E-state index contributed by atoms with van der Waals surface area (Å²) < 4.78 is 5.88. The van der Waals surface area contributed by atoms with Gasteiger partial charge in [-0.2, -0.15) is 0 Å². The van der Waals surface area contributed by atoms with Gasteiger partial charge in [0.15, 0.2) is 0 Å². The Morgan fingerprint density at radius 1 is 1.30 bits per heavy atom. The average Bonchev–Trinajstić information content (AvgIpc) is 2.76. The molecule has 110 valence electrons. The molecule has 0 radical (unpaired) electrons. The van der Waals surface area contributed by atoms with E-state index in [1.165, 1.54) is 17.4 Å². The molecule has 0 spiro atoms. The Balaban J connectivity index is 2.36. The predicted molar refractivity (Wildman–Crippen MR) is 84.8 cm³/mol. The Morgan fingerprint density at radius 3 is 2.65 bits per heavy atom. The van der Waals surface area contributed by atoms with Gasteiger partial charge in [-0.25, -0.2) is 0 Å². The molecule has 2 aromatic rings. The predicted octanol–water partition coefficient (Wildman–Crippen LogP) is 3.72. The van der Waals surface area contributed by atoms with Crippen LogP contribution < -0.4 is 5.73 Å². The number of hydrogen-bond donors (Lipinski definition) is 1. The van der Waals surface area contributed by atoms with Gasteiger partial charge in [-0.05, 0) is 26.0 Å². The first kappa shape index (κ1) is 15.1. The van der Waals surface area contributed by atoms with Crippen molar-refractivity contribution in [3.05, 3.63) is 35.6 Å². The second kappa shape index (κ2) is 6.42. The number of hydrogen-bond acceptors (Lipinski definition) is 3. The highest BCUT2D eigenvalue weighted by Crippen LogP contribution is 2.32. The zero-order chi connectivity index (χ0) is 14.7. The van der Waals surface area contributed by atoms with Crippen molar-refractivity contribution in [2.75, 3.05) is 20.1 Å². The Hall–Kier alpha value is -1.32. The molecule has 2 N–H and O–H groups in total. The molecule has 0 aliphatic rings. The lowest BCUT2D eigenvalue weighted by Gasteiger charge is -2.29. The summed E-state index contributed by atoms with van der Waals surface area (Å²) in [7, 11) is 2.16. The molecule has 2 atom stereocenters. The van der Waals surface area contributed by atoms with Crippen molar-refractivity contribution in [1.29, 1.82) is 0 Å². The second-order valence-corrected chi connectivity index (χ2v) is 5.77. The van der Waals surface area contributed by atoms with E-state index in [0.29, 0.717) is 12.5 Å². The van der Waals surface area contributed by atoms with Crippen LogP contribution in [0.1, 0.15) is 37.6 Å². The number of benzene rings is 1. The number of aryl methyl sites for hydroxylation is 1.